The number of nitrogens with zero attached hydrogens (tertiary/aromatic N) is 1. The Hall–Kier alpha value is -1.89. The van der Waals surface area contributed by atoms with Crippen LogP contribution in [-0.2, 0) is 19.4 Å². The number of terminal acetylenes is 1. The van der Waals surface area contributed by atoms with Crippen molar-refractivity contribution in [3.05, 3.63) is 28.7 Å². The van der Waals surface area contributed by atoms with Crippen LogP contribution in [0.3, 0.4) is 0 Å². The van der Waals surface area contributed by atoms with Gasteiger partial charge >= 0.3 is 0 Å². The zero-order valence-electron chi connectivity index (χ0n) is 14.1. The van der Waals surface area contributed by atoms with E-state index in [9.17, 15) is 18.0 Å². The summed E-state index contributed by atoms with van der Waals surface area (Å²) in [7, 11) is -3.07. The van der Waals surface area contributed by atoms with Crippen molar-refractivity contribution in [2.75, 3.05) is 36.5 Å². The molecule has 2 N–H and O–H groups in total. The Morgan fingerprint density at radius 3 is 2.65 bits per heavy atom. The molecule has 2 rings (SSSR count). The van der Waals surface area contributed by atoms with Gasteiger partial charge in [-0.25, -0.2) is 8.42 Å². The van der Waals surface area contributed by atoms with Crippen molar-refractivity contribution < 1.29 is 18.0 Å². The molecule has 0 saturated carbocycles. The number of rotatable bonds is 7. The molecule has 1 saturated heterocycles. The Labute approximate surface area is 161 Å². The van der Waals surface area contributed by atoms with Gasteiger partial charge in [-0.2, -0.15) is 0 Å². The number of anilines is 1. The molecule has 2 amide bonds. The largest absolute Gasteiger partial charge is 0.346 e. The van der Waals surface area contributed by atoms with Crippen LogP contribution in [-0.4, -0.2) is 62.3 Å². The number of amides is 2. The van der Waals surface area contributed by atoms with Crippen LogP contribution in [0.2, 0.25) is 0 Å². The summed E-state index contributed by atoms with van der Waals surface area (Å²) in [4.78, 5) is 25.7. The summed E-state index contributed by atoms with van der Waals surface area (Å²) in [6.45, 7) is -0.0590. The van der Waals surface area contributed by atoms with Crippen LogP contribution in [0.5, 0.6) is 0 Å². The second-order valence-corrected chi connectivity index (χ2v) is 9.05. The van der Waals surface area contributed by atoms with Gasteiger partial charge in [0, 0.05) is 10.5 Å². The van der Waals surface area contributed by atoms with E-state index < -0.39 is 9.84 Å². The van der Waals surface area contributed by atoms with Crippen molar-refractivity contribution in [1.29, 1.82) is 0 Å². The van der Waals surface area contributed by atoms with E-state index in [1.54, 1.807) is 23.1 Å². The van der Waals surface area contributed by atoms with Gasteiger partial charge in [0.25, 0.3) is 0 Å². The number of halogens is 1. The van der Waals surface area contributed by atoms with E-state index in [0.717, 1.165) is 4.47 Å². The monoisotopic (exact) mass is 441 g/mol. The van der Waals surface area contributed by atoms with Crippen LogP contribution < -0.4 is 10.6 Å². The second-order valence-electron chi connectivity index (χ2n) is 5.97. The lowest BCUT2D eigenvalue weighted by Gasteiger charge is -2.25. The molecule has 1 unspecified atom stereocenters. The first kappa shape index (κ1) is 20.4. The van der Waals surface area contributed by atoms with Gasteiger partial charge in [0.1, 0.15) is 0 Å². The number of nitrogens with one attached hydrogen (secondary N) is 2. The third-order valence-electron chi connectivity index (χ3n) is 3.96. The number of hydrogen-bond donors (Lipinski definition) is 2. The quantitative estimate of drug-likeness (QED) is 0.604. The van der Waals surface area contributed by atoms with Gasteiger partial charge in [0.2, 0.25) is 11.8 Å². The zero-order valence-corrected chi connectivity index (χ0v) is 16.5. The smallest absolute Gasteiger partial charge is 0.243 e. The molecule has 0 bridgehead atoms. The maximum atomic E-state index is 12.1. The highest BCUT2D eigenvalue weighted by Crippen LogP contribution is 2.21. The lowest BCUT2D eigenvalue weighted by Crippen LogP contribution is -2.45. The van der Waals surface area contributed by atoms with Crippen LogP contribution >= 0.6 is 15.9 Å². The van der Waals surface area contributed by atoms with E-state index in [1.165, 1.54) is 0 Å². The van der Waals surface area contributed by atoms with E-state index >= 15 is 0 Å². The molecule has 1 aromatic carbocycles. The number of hydrogen-bond acceptors (Lipinski definition) is 5. The lowest BCUT2D eigenvalue weighted by molar-refractivity contribution is -0.125. The second kappa shape index (κ2) is 9.16. The Balaban J connectivity index is 1.83. The Kier molecular flexibility index (Phi) is 7.20. The van der Waals surface area contributed by atoms with E-state index in [4.69, 9.17) is 6.42 Å². The highest BCUT2D eigenvalue weighted by atomic mass is 79.9. The number of benzene rings is 1. The number of carbonyl (C=O) groups excluding carboxylic acids is 2. The van der Waals surface area contributed by atoms with E-state index in [0.29, 0.717) is 12.1 Å². The first-order valence-electron chi connectivity index (χ1n) is 8.00. The Morgan fingerprint density at radius 2 is 2.04 bits per heavy atom. The van der Waals surface area contributed by atoms with Gasteiger partial charge in [0.15, 0.2) is 9.84 Å². The molecular weight excluding hydrogens is 422 g/mol. The Bertz CT molecular complexity index is 820. The van der Waals surface area contributed by atoms with Crippen molar-refractivity contribution in [3.63, 3.8) is 0 Å². The number of carbonyl (C=O) groups is 2. The maximum Gasteiger partial charge on any atom is 0.243 e. The normalized spacial score (nSPS) is 18.3. The SMILES string of the molecule is C#CCN(CC(=O)NCC(=O)Nc1ccccc1Br)C1CCS(=O)(=O)C1. The fraction of sp³-hybridized carbons (Fsp3) is 0.412. The lowest BCUT2D eigenvalue weighted by atomic mass is 10.2. The summed E-state index contributed by atoms with van der Waals surface area (Å²) in [5.41, 5.74) is 0.608. The van der Waals surface area contributed by atoms with Crippen molar-refractivity contribution in [3.8, 4) is 12.3 Å². The van der Waals surface area contributed by atoms with Crippen molar-refractivity contribution in [2.45, 2.75) is 12.5 Å². The summed E-state index contributed by atoms with van der Waals surface area (Å²) in [5, 5.41) is 5.21. The van der Waals surface area contributed by atoms with Crippen LogP contribution in [0.4, 0.5) is 5.69 Å². The number of para-hydroxylation sites is 1. The fourth-order valence-corrected chi connectivity index (χ4v) is 4.82. The molecule has 0 radical (unpaired) electrons. The van der Waals surface area contributed by atoms with Crippen molar-refractivity contribution >= 4 is 43.3 Å². The van der Waals surface area contributed by atoms with E-state index in [-0.39, 0.29) is 49.0 Å². The molecule has 1 aliphatic heterocycles. The summed E-state index contributed by atoms with van der Waals surface area (Å²) in [5.74, 6) is 1.81. The molecule has 9 heteroatoms. The van der Waals surface area contributed by atoms with Gasteiger partial charge in [-0.15, -0.1) is 6.42 Å². The molecule has 1 aromatic rings. The first-order valence-corrected chi connectivity index (χ1v) is 10.6. The molecule has 1 fully saturated rings. The molecular formula is C17H20BrN3O4S. The molecule has 7 nitrogen and oxygen atoms in total. The number of sulfone groups is 1. The molecule has 0 spiro atoms. The van der Waals surface area contributed by atoms with Gasteiger partial charge < -0.3 is 10.6 Å². The summed E-state index contributed by atoms with van der Waals surface area (Å²) >= 11 is 3.33. The first-order chi connectivity index (χ1) is 12.3. The topological polar surface area (TPSA) is 95.6 Å². The molecule has 1 aliphatic rings. The van der Waals surface area contributed by atoms with Crippen LogP contribution in [0.25, 0.3) is 0 Å². The third-order valence-corrected chi connectivity index (χ3v) is 6.40. The van der Waals surface area contributed by atoms with Crippen molar-refractivity contribution in [2.24, 2.45) is 0 Å². The highest BCUT2D eigenvalue weighted by molar-refractivity contribution is 9.10. The maximum absolute atomic E-state index is 12.1. The van der Waals surface area contributed by atoms with Gasteiger partial charge in [0.05, 0.1) is 36.8 Å². The predicted octanol–water partition coefficient (Wildman–Crippen LogP) is 0.626. The van der Waals surface area contributed by atoms with Crippen LogP contribution in [0.15, 0.2) is 28.7 Å². The van der Waals surface area contributed by atoms with Crippen molar-refractivity contribution in [1.82, 2.24) is 10.2 Å². The average Bonchev–Trinajstić information content (AvgIpc) is 2.95. The van der Waals surface area contributed by atoms with Crippen LogP contribution in [0.1, 0.15) is 6.42 Å². The Morgan fingerprint density at radius 1 is 1.31 bits per heavy atom. The average molecular weight is 442 g/mol. The molecule has 26 heavy (non-hydrogen) atoms. The van der Waals surface area contributed by atoms with Gasteiger partial charge in [-0.05, 0) is 34.5 Å². The summed E-state index contributed by atoms with van der Waals surface area (Å²) in [6, 6.07) is 6.87. The van der Waals surface area contributed by atoms with E-state index in [2.05, 4.69) is 32.5 Å². The van der Waals surface area contributed by atoms with Gasteiger partial charge in [-0.1, -0.05) is 18.1 Å². The standard InChI is InChI=1S/C17H20BrN3O4S/c1-2-8-21(13-7-9-26(24,25)12-13)11-17(23)19-10-16(22)20-15-6-4-3-5-14(15)18/h1,3-6,13H,7-12H2,(H,19,23)(H,20,22). The minimum atomic E-state index is -3.07. The third kappa shape index (κ3) is 6.12. The van der Waals surface area contributed by atoms with E-state index in [1.807, 2.05) is 6.07 Å². The predicted molar refractivity (Wildman–Crippen MR) is 103 cm³/mol. The minimum Gasteiger partial charge on any atom is -0.346 e. The molecule has 1 heterocycles. The summed E-state index contributed by atoms with van der Waals surface area (Å²) < 4.78 is 24.0. The van der Waals surface area contributed by atoms with Crippen LogP contribution in [0, 0.1) is 12.3 Å². The highest BCUT2D eigenvalue weighted by Gasteiger charge is 2.32. The van der Waals surface area contributed by atoms with Gasteiger partial charge in [-0.3, -0.25) is 14.5 Å². The molecule has 0 aromatic heterocycles. The zero-order chi connectivity index (χ0) is 19.2. The summed E-state index contributed by atoms with van der Waals surface area (Å²) in [6.07, 6.45) is 5.78. The molecule has 0 aliphatic carbocycles. The minimum absolute atomic E-state index is 0.00444. The molecule has 1 atom stereocenters. The molecule has 140 valence electrons. The fourth-order valence-electron chi connectivity index (χ4n) is 2.67.